The molecule has 0 bridgehead atoms. The summed E-state index contributed by atoms with van der Waals surface area (Å²) in [6, 6.07) is 4.22. The van der Waals surface area contributed by atoms with Gasteiger partial charge in [-0.2, -0.15) is 0 Å². The smallest absolute Gasteiger partial charge is 0.308 e. The number of aliphatic hydroxyl groups is 7. The molecule has 25 heteroatoms. The van der Waals surface area contributed by atoms with E-state index in [0.29, 0.717) is 0 Å². The van der Waals surface area contributed by atoms with Gasteiger partial charge >= 0.3 is 5.97 Å². The van der Waals surface area contributed by atoms with Crippen molar-refractivity contribution in [2.24, 2.45) is 11.8 Å². The highest BCUT2D eigenvalue weighted by atomic mass is 16.7. The second kappa shape index (κ2) is 25.8. The van der Waals surface area contributed by atoms with Crippen LogP contribution in [0.5, 0.6) is 17.2 Å². The van der Waals surface area contributed by atoms with Gasteiger partial charge in [0.1, 0.15) is 65.6 Å². The van der Waals surface area contributed by atoms with Gasteiger partial charge < -0.3 is 108 Å². The maximum atomic E-state index is 15.0. The molecule has 5 saturated heterocycles. The lowest BCUT2D eigenvalue weighted by atomic mass is 9.75. The molecule has 0 radical (unpaired) electrons. The largest absolute Gasteiger partial charge is 0.507 e. The number of hydrogen-bond acceptors (Lipinski definition) is 25. The minimum atomic E-state index is -1.95. The summed E-state index contributed by atoms with van der Waals surface area (Å²) >= 11 is 0. The Morgan fingerprint density at radius 1 is 0.691 bits per heavy atom. The van der Waals surface area contributed by atoms with Crippen molar-refractivity contribution >= 4 is 28.3 Å². The van der Waals surface area contributed by atoms with E-state index in [1.165, 1.54) is 53.2 Å². The first-order valence-corrected chi connectivity index (χ1v) is 27.8. The van der Waals surface area contributed by atoms with Gasteiger partial charge in [-0.1, -0.05) is 13.8 Å². The molecule has 0 spiro atoms. The molecule has 9 N–H and O–H groups in total. The Morgan fingerprint density at radius 2 is 1.21 bits per heavy atom. The number of aliphatic hydroxyl groups excluding tert-OH is 6. The minimum Gasteiger partial charge on any atom is -0.507 e. The third kappa shape index (κ3) is 13.7. The predicted molar refractivity (Wildman–Crippen MR) is 277 cm³/mol. The molecule has 25 nitrogen and oxygen atoms in total. The van der Waals surface area contributed by atoms with E-state index in [4.69, 9.17) is 61.6 Å². The molecular weight excluding hydrogens is 1070 g/mol. The molecule has 81 heavy (non-hydrogen) atoms. The molecule has 6 aliphatic rings. The van der Waals surface area contributed by atoms with E-state index in [0.717, 1.165) is 0 Å². The van der Waals surface area contributed by atoms with Crippen molar-refractivity contribution in [1.29, 1.82) is 0 Å². The molecule has 0 unspecified atom stereocenters. The zero-order valence-corrected chi connectivity index (χ0v) is 47.5. The second-order valence-electron chi connectivity index (χ2n) is 23.1. The van der Waals surface area contributed by atoms with E-state index in [1.807, 2.05) is 0 Å². The first-order chi connectivity index (χ1) is 38.1. The zero-order chi connectivity index (χ0) is 59.3. The van der Waals surface area contributed by atoms with Gasteiger partial charge in [0.2, 0.25) is 6.29 Å². The first-order valence-electron chi connectivity index (χ1n) is 27.8. The number of ketones is 2. The number of rotatable bonds is 18. The van der Waals surface area contributed by atoms with Crippen LogP contribution in [0.15, 0.2) is 18.2 Å². The van der Waals surface area contributed by atoms with E-state index >= 15 is 4.79 Å². The minimum absolute atomic E-state index is 0.00785. The number of benzene rings is 2. The molecule has 0 aromatic heterocycles. The van der Waals surface area contributed by atoms with Crippen LogP contribution in [0.1, 0.15) is 110 Å². The fraction of sp³-hybridized carbons (Fsp3) is 0.768. The number of ether oxygens (including phenoxy) is 13. The van der Waals surface area contributed by atoms with Gasteiger partial charge in [-0.3, -0.25) is 14.4 Å². The number of hydrogen-bond donors (Lipinski definition) is 9. The SMILES string of the molecule is CO[C@@H]1[C@H](O)C[C@H](O[C@@H]2C[C@H](Oc3cc(O)c4c(O)c5c(cc4c3)C[C@H]([C@@H](OC)C(=O)[C@H](O)[C@H](C)O)[C@H](O[C@H]3C[C@@H](O[C@H]4C[C@@H](O[C@H]6C[C@@](C)(O)[C@@H](OC(=O)C(C)C)[C@@H](C)O6)[C@@H](O)[C@@H](C)O4)[C@@H](O)[C@@H](C)O3)C5=O)O[C@H](C)[C@@H]2O)O[C@@H]1C. The number of aromatic hydroxyl groups is 2. The molecule has 1 aliphatic carbocycles. The summed E-state index contributed by atoms with van der Waals surface area (Å²) in [5, 5.41) is 101. The quantitative estimate of drug-likeness (QED) is 0.0950. The number of carbonyl (C=O) groups excluding carboxylic acids is 3. The Bertz CT molecular complexity index is 2500. The molecule has 5 aliphatic heterocycles. The summed E-state index contributed by atoms with van der Waals surface area (Å²) in [7, 11) is 2.65. The topological polar surface area (TPSA) is 353 Å². The highest BCUT2D eigenvalue weighted by molar-refractivity contribution is 6.11. The number of carbonyl (C=O) groups is 3. The van der Waals surface area contributed by atoms with Crippen LogP contribution in [0.2, 0.25) is 0 Å². The molecule has 5 fully saturated rings. The second-order valence-corrected chi connectivity index (χ2v) is 23.1. The standard InChI is InChI=1S/C56H82O25/c1-21(2)55(67)81-54-27(8)75-41(20-56(54,9)68)79-36-18-39(72-24(5)47(36)63)78-35-19-40(73-25(6)46(35)62)80-53-31(52(70-11)50(66)44(60)22(3)57)14-29-12-28-13-30(15-32(58)42(28)48(64)43(29)49(53)65)76-38-17-34(45(61)23(4)71-38)77-37-16-33(59)51(69-10)26(7)74-37/h12-13,15,21-27,31,33-41,44-47,51-54,57-64,68H,14,16-20H2,1-11H3/t22-,23+,24+,25+,26+,27+,31+,33+,34+,35+,36+,37-,38-,39-,40-,41-,44+,45-,46-,47-,51-,52+,53-,54-,56+/m0/s1. The van der Waals surface area contributed by atoms with Gasteiger partial charge in [-0.15, -0.1) is 0 Å². The fourth-order valence-corrected chi connectivity index (χ4v) is 12.0. The van der Waals surface area contributed by atoms with Gasteiger partial charge in [0.05, 0.1) is 77.9 Å². The average molecular weight is 1160 g/mol. The van der Waals surface area contributed by atoms with Crippen LogP contribution in [0.4, 0.5) is 0 Å². The Hall–Kier alpha value is -3.81. The summed E-state index contributed by atoms with van der Waals surface area (Å²) in [4.78, 5) is 41.4. The summed E-state index contributed by atoms with van der Waals surface area (Å²) < 4.78 is 78.1. The van der Waals surface area contributed by atoms with Crippen LogP contribution in [-0.4, -0.2) is 225 Å². The van der Waals surface area contributed by atoms with Crippen molar-refractivity contribution in [2.75, 3.05) is 14.2 Å². The molecule has 456 valence electrons. The van der Waals surface area contributed by atoms with E-state index in [2.05, 4.69) is 0 Å². The lowest BCUT2D eigenvalue weighted by Gasteiger charge is -2.47. The number of phenols is 2. The third-order valence-electron chi connectivity index (χ3n) is 16.4. The van der Waals surface area contributed by atoms with Crippen molar-refractivity contribution in [1.82, 2.24) is 0 Å². The van der Waals surface area contributed by atoms with Gasteiger partial charge in [0.25, 0.3) is 0 Å². The summed E-state index contributed by atoms with van der Waals surface area (Å²) in [6.07, 6.45) is -25.7. The molecule has 8 rings (SSSR count). The first kappa shape index (κ1) is 63.2. The summed E-state index contributed by atoms with van der Waals surface area (Å²) in [5.41, 5.74) is -1.63. The fourth-order valence-electron chi connectivity index (χ4n) is 12.0. The zero-order valence-electron chi connectivity index (χ0n) is 47.5. The highest BCUT2D eigenvalue weighted by Gasteiger charge is 2.52. The summed E-state index contributed by atoms with van der Waals surface area (Å²) in [6.45, 7) is 14.2. The number of methoxy groups -OCH3 is 2. The van der Waals surface area contributed by atoms with Crippen LogP contribution in [0.3, 0.4) is 0 Å². The maximum Gasteiger partial charge on any atom is 0.308 e. The lowest BCUT2D eigenvalue weighted by Crippen LogP contribution is -2.59. The molecule has 2 aromatic carbocycles. The van der Waals surface area contributed by atoms with Gasteiger partial charge in [0, 0.05) is 58.3 Å². The number of Topliss-reactive ketones (excluding diaryl/α,β-unsaturated/α-hetero) is 2. The number of phenolic OH excluding ortho intramolecular Hbond substituents is 2. The molecule has 0 saturated carbocycles. The van der Waals surface area contributed by atoms with E-state index in [9.17, 15) is 55.5 Å². The highest BCUT2D eigenvalue weighted by Crippen LogP contribution is 2.46. The van der Waals surface area contributed by atoms with Crippen molar-refractivity contribution < 1.29 is 122 Å². The van der Waals surface area contributed by atoms with Crippen LogP contribution in [0.25, 0.3) is 10.8 Å². The molecule has 2 aromatic rings. The van der Waals surface area contributed by atoms with E-state index in [-0.39, 0.29) is 66.2 Å². The van der Waals surface area contributed by atoms with Crippen LogP contribution in [-0.2, 0) is 72.9 Å². The Balaban J connectivity index is 1.01. The molecular formula is C56H82O25. The van der Waals surface area contributed by atoms with Crippen molar-refractivity contribution in [2.45, 2.75) is 248 Å². The molecule has 25 atom stereocenters. The van der Waals surface area contributed by atoms with E-state index in [1.54, 1.807) is 41.5 Å². The number of fused-ring (bicyclic) bond motifs is 2. The number of esters is 1. The lowest BCUT2D eigenvalue weighted by molar-refractivity contribution is -0.334. The maximum absolute atomic E-state index is 15.0. The van der Waals surface area contributed by atoms with Gasteiger partial charge in [-0.05, 0) is 78.0 Å². The van der Waals surface area contributed by atoms with Gasteiger partial charge in [0.15, 0.2) is 42.8 Å². The van der Waals surface area contributed by atoms with Gasteiger partial charge in [-0.25, -0.2) is 0 Å². The van der Waals surface area contributed by atoms with Crippen molar-refractivity contribution in [3.63, 3.8) is 0 Å². The molecule has 5 heterocycles. The summed E-state index contributed by atoms with van der Waals surface area (Å²) in [5.74, 6) is -5.10. The predicted octanol–water partition coefficient (Wildman–Crippen LogP) is 1.30. The average Bonchev–Trinajstić information content (AvgIpc) is 3.42. The third-order valence-corrected chi connectivity index (χ3v) is 16.4. The molecule has 0 amide bonds. The van der Waals surface area contributed by atoms with Crippen LogP contribution < -0.4 is 4.74 Å². The van der Waals surface area contributed by atoms with Crippen molar-refractivity contribution in [3.05, 3.63) is 29.3 Å². The monoisotopic (exact) mass is 1150 g/mol. The Labute approximate surface area is 469 Å². The Morgan fingerprint density at radius 3 is 1.74 bits per heavy atom. The Kier molecular flexibility index (Phi) is 20.1. The van der Waals surface area contributed by atoms with Crippen LogP contribution >= 0.6 is 0 Å². The normalized spacial score (nSPS) is 40.6. The van der Waals surface area contributed by atoms with Crippen molar-refractivity contribution in [3.8, 4) is 17.2 Å². The van der Waals surface area contributed by atoms with E-state index < -0.39 is 188 Å². The van der Waals surface area contributed by atoms with Crippen LogP contribution in [0, 0.1) is 11.8 Å².